The Labute approximate surface area is 73.1 Å². The van der Waals surface area contributed by atoms with Crippen LogP contribution in [0.3, 0.4) is 0 Å². The summed E-state index contributed by atoms with van der Waals surface area (Å²) >= 11 is 0. The highest BCUT2D eigenvalue weighted by Crippen LogP contribution is 2.29. The van der Waals surface area contributed by atoms with Crippen molar-refractivity contribution in [2.75, 3.05) is 0 Å². The standard InChI is InChI=1S/C9H7F3O/c1-4-8(5(2)10)6(11)3-7(13)9(4)12/h3,13H,2H2,1H3. The lowest BCUT2D eigenvalue weighted by Crippen LogP contribution is -1.95. The molecule has 0 unspecified atom stereocenters. The van der Waals surface area contributed by atoms with Crippen LogP contribution in [0.15, 0.2) is 12.6 Å². The van der Waals surface area contributed by atoms with Gasteiger partial charge in [0, 0.05) is 11.6 Å². The Balaban J connectivity index is 3.53. The van der Waals surface area contributed by atoms with Gasteiger partial charge in [0.1, 0.15) is 11.6 Å². The average Bonchev–Trinajstić information content (AvgIpc) is 1.99. The molecule has 70 valence electrons. The summed E-state index contributed by atoms with van der Waals surface area (Å²) in [5, 5.41) is 8.82. The quantitative estimate of drug-likeness (QED) is 0.718. The topological polar surface area (TPSA) is 20.2 Å². The van der Waals surface area contributed by atoms with Crippen molar-refractivity contribution >= 4 is 5.83 Å². The van der Waals surface area contributed by atoms with Crippen LogP contribution in [-0.4, -0.2) is 5.11 Å². The van der Waals surface area contributed by atoms with Gasteiger partial charge in [-0.05, 0) is 6.92 Å². The Morgan fingerprint density at radius 1 is 1.46 bits per heavy atom. The van der Waals surface area contributed by atoms with E-state index in [-0.39, 0.29) is 5.56 Å². The van der Waals surface area contributed by atoms with Crippen LogP contribution in [0.25, 0.3) is 5.83 Å². The van der Waals surface area contributed by atoms with Crippen LogP contribution >= 0.6 is 0 Å². The molecule has 0 saturated carbocycles. The normalized spacial score (nSPS) is 10.2. The Bertz CT molecular complexity index is 372. The number of rotatable bonds is 1. The zero-order valence-corrected chi connectivity index (χ0v) is 6.87. The summed E-state index contributed by atoms with van der Waals surface area (Å²) in [4.78, 5) is 0. The Kier molecular flexibility index (Phi) is 2.32. The van der Waals surface area contributed by atoms with Crippen LogP contribution in [0.5, 0.6) is 5.75 Å². The summed E-state index contributed by atoms with van der Waals surface area (Å²) in [5.41, 5.74) is -0.819. The van der Waals surface area contributed by atoms with E-state index < -0.39 is 28.8 Å². The van der Waals surface area contributed by atoms with Crippen molar-refractivity contribution in [1.82, 2.24) is 0 Å². The van der Waals surface area contributed by atoms with Gasteiger partial charge in [0.15, 0.2) is 11.6 Å². The first-order valence-electron chi connectivity index (χ1n) is 3.47. The molecule has 0 aliphatic heterocycles. The molecule has 0 aliphatic rings. The molecule has 0 aromatic heterocycles. The van der Waals surface area contributed by atoms with E-state index in [0.717, 1.165) is 6.92 Å². The second-order valence-electron chi connectivity index (χ2n) is 2.60. The highest BCUT2D eigenvalue weighted by molar-refractivity contribution is 5.62. The molecule has 1 nitrogen and oxygen atoms in total. The maximum Gasteiger partial charge on any atom is 0.168 e. The van der Waals surface area contributed by atoms with Crippen LogP contribution in [-0.2, 0) is 0 Å². The first kappa shape index (κ1) is 9.64. The van der Waals surface area contributed by atoms with E-state index in [1.165, 1.54) is 0 Å². The molecule has 0 fully saturated rings. The van der Waals surface area contributed by atoms with Gasteiger partial charge in [-0.1, -0.05) is 6.58 Å². The zero-order valence-electron chi connectivity index (χ0n) is 6.87. The summed E-state index contributed by atoms with van der Waals surface area (Å²) in [6.45, 7) is 4.03. The summed E-state index contributed by atoms with van der Waals surface area (Å²) in [7, 11) is 0. The Hall–Kier alpha value is -1.45. The predicted octanol–water partition coefficient (Wildman–Crippen LogP) is 2.92. The third-order valence-corrected chi connectivity index (χ3v) is 1.70. The molecule has 0 radical (unpaired) electrons. The highest BCUT2D eigenvalue weighted by Gasteiger charge is 2.16. The Morgan fingerprint density at radius 2 is 2.00 bits per heavy atom. The summed E-state index contributed by atoms with van der Waals surface area (Å²) in [6.07, 6.45) is 0. The highest BCUT2D eigenvalue weighted by atomic mass is 19.1. The van der Waals surface area contributed by atoms with Gasteiger partial charge in [-0.3, -0.25) is 0 Å². The minimum Gasteiger partial charge on any atom is -0.505 e. The molecule has 0 aliphatic carbocycles. The molecule has 0 spiro atoms. The van der Waals surface area contributed by atoms with Gasteiger partial charge in [-0.2, -0.15) is 0 Å². The third kappa shape index (κ3) is 1.52. The number of phenolic OH excluding ortho intramolecular Hbond substituents is 1. The van der Waals surface area contributed by atoms with Crippen LogP contribution in [0, 0.1) is 18.6 Å². The van der Waals surface area contributed by atoms with Crippen LogP contribution < -0.4 is 0 Å². The molecular formula is C9H7F3O. The lowest BCUT2D eigenvalue weighted by atomic mass is 10.1. The minimum atomic E-state index is -1.06. The van der Waals surface area contributed by atoms with Gasteiger partial charge in [0.05, 0.1) is 5.56 Å². The maximum atomic E-state index is 12.9. The first-order chi connectivity index (χ1) is 5.95. The molecule has 0 saturated heterocycles. The lowest BCUT2D eigenvalue weighted by molar-refractivity contribution is 0.423. The molecule has 0 heterocycles. The fourth-order valence-electron chi connectivity index (χ4n) is 1.07. The number of hydrogen-bond donors (Lipinski definition) is 1. The molecule has 0 atom stereocenters. The third-order valence-electron chi connectivity index (χ3n) is 1.70. The maximum absolute atomic E-state index is 12.9. The van der Waals surface area contributed by atoms with Gasteiger partial charge < -0.3 is 5.11 Å². The molecule has 1 aromatic rings. The van der Waals surface area contributed by atoms with E-state index in [4.69, 9.17) is 5.11 Å². The van der Waals surface area contributed by atoms with E-state index in [2.05, 4.69) is 6.58 Å². The zero-order chi connectivity index (χ0) is 10.2. The molecular weight excluding hydrogens is 181 g/mol. The monoisotopic (exact) mass is 188 g/mol. The van der Waals surface area contributed by atoms with E-state index in [1.807, 2.05) is 0 Å². The second-order valence-corrected chi connectivity index (χ2v) is 2.60. The number of aromatic hydroxyl groups is 1. The van der Waals surface area contributed by atoms with E-state index in [9.17, 15) is 13.2 Å². The predicted molar refractivity (Wildman–Crippen MR) is 42.9 cm³/mol. The van der Waals surface area contributed by atoms with E-state index >= 15 is 0 Å². The molecule has 0 bridgehead atoms. The number of hydrogen-bond acceptors (Lipinski definition) is 1. The fraction of sp³-hybridized carbons (Fsp3) is 0.111. The smallest absolute Gasteiger partial charge is 0.168 e. The van der Waals surface area contributed by atoms with Crippen LogP contribution in [0.2, 0.25) is 0 Å². The summed E-state index contributed by atoms with van der Waals surface area (Å²) in [5.74, 6) is -3.95. The molecule has 13 heavy (non-hydrogen) atoms. The van der Waals surface area contributed by atoms with Crippen molar-refractivity contribution in [1.29, 1.82) is 0 Å². The molecule has 1 rings (SSSR count). The van der Waals surface area contributed by atoms with E-state index in [0.29, 0.717) is 6.07 Å². The van der Waals surface area contributed by atoms with Crippen molar-refractivity contribution in [2.24, 2.45) is 0 Å². The molecule has 1 N–H and O–H groups in total. The second kappa shape index (κ2) is 3.12. The van der Waals surface area contributed by atoms with Gasteiger partial charge >= 0.3 is 0 Å². The van der Waals surface area contributed by atoms with Crippen molar-refractivity contribution in [2.45, 2.75) is 6.92 Å². The minimum absolute atomic E-state index is 0.287. The molecule has 4 heteroatoms. The fourth-order valence-corrected chi connectivity index (χ4v) is 1.07. The van der Waals surface area contributed by atoms with Gasteiger partial charge in [0.2, 0.25) is 0 Å². The summed E-state index contributed by atoms with van der Waals surface area (Å²) < 4.78 is 38.4. The number of phenols is 1. The van der Waals surface area contributed by atoms with Crippen molar-refractivity contribution < 1.29 is 18.3 Å². The van der Waals surface area contributed by atoms with E-state index in [1.54, 1.807) is 0 Å². The van der Waals surface area contributed by atoms with Crippen LogP contribution in [0.1, 0.15) is 11.1 Å². The van der Waals surface area contributed by atoms with Crippen molar-refractivity contribution in [3.63, 3.8) is 0 Å². The van der Waals surface area contributed by atoms with Gasteiger partial charge in [0.25, 0.3) is 0 Å². The van der Waals surface area contributed by atoms with Crippen molar-refractivity contribution in [3.8, 4) is 5.75 Å². The molecule has 1 aromatic carbocycles. The van der Waals surface area contributed by atoms with Gasteiger partial charge in [-0.25, -0.2) is 13.2 Å². The largest absolute Gasteiger partial charge is 0.505 e. The Morgan fingerprint density at radius 3 is 2.46 bits per heavy atom. The SMILES string of the molecule is C=C(F)c1c(F)cc(O)c(F)c1C. The lowest BCUT2D eigenvalue weighted by Gasteiger charge is -2.06. The first-order valence-corrected chi connectivity index (χ1v) is 3.47. The molecule has 0 amide bonds. The van der Waals surface area contributed by atoms with Gasteiger partial charge in [-0.15, -0.1) is 0 Å². The van der Waals surface area contributed by atoms with Crippen molar-refractivity contribution in [3.05, 3.63) is 35.4 Å². The summed E-state index contributed by atoms with van der Waals surface area (Å²) in [6, 6.07) is 0.516. The van der Waals surface area contributed by atoms with Crippen LogP contribution in [0.4, 0.5) is 13.2 Å². The number of benzene rings is 1. The number of halogens is 3. The average molecular weight is 188 g/mol.